The Morgan fingerprint density at radius 2 is 1.57 bits per heavy atom. The van der Waals surface area contributed by atoms with Crippen molar-refractivity contribution in [2.45, 2.75) is 20.4 Å². The Kier molecular flexibility index (Phi) is 6.71. The molecule has 5 nitrogen and oxygen atoms in total. The summed E-state index contributed by atoms with van der Waals surface area (Å²) in [6, 6.07) is 5.47. The first kappa shape index (κ1) is 19.0. The molecule has 0 saturated carbocycles. The third kappa shape index (κ3) is 4.38. The molecule has 23 heavy (non-hydrogen) atoms. The summed E-state index contributed by atoms with van der Waals surface area (Å²) in [4.78, 5) is 2.18. The first-order valence-corrected chi connectivity index (χ1v) is 9.95. The monoisotopic (exact) mass is 379 g/mol. The third-order valence-corrected chi connectivity index (χ3v) is 7.03. The minimum atomic E-state index is -3.35. The number of hydrogen-bond acceptors (Lipinski definition) is 3. The predicted octanol–water partition coefficient (Wildman–Crippen LogP) is 2.70. The van der Waals surface area contributed by atoms with E-state index in [0.717, 1.165) is 5.56 Å². The van der Waals surface area contributed by atoms with E-state index in [0.29, 0.717) is 55.9 Å². The first-order chi connectivity index (χ1) is 10.9. The van der Waals surface area contributed by atoms with Crippen molar-refractivity contribution in [3.63, 3.8) is 0 Å². The van der Waals surface area contributed by atoms with Crippen LogP contribution < -0.4 is 0 Å². The Labute approximate surface area is 148 Å². The van der Waals surface area contributed by atoms with Crippen LogP contribution in [0.5, 0.6) is 0 Å². The van der Waals surface area contributed by atoms with Crippen LogP contribution in [-0.2, 0) is 16.8 Å². The van der Waals surface area contributed by atoms with Crippen LogP contribution in [-0.4, -0.2) is 61.2 Å². The number of rotatable bonds is 6. The van der Waals surface area contributed by atoms with E-state index in [9.17, 15) is 8.42 Å². The Balaban J connectivity index is 1.99. The lowest BCUT2D eigenvalue weighted by atomic mass is 10.2. The lowest BCUT2D eigenvalue weighted by molar-refractivity contribution is 0.175. The van der Waals surface area contributed by atoms with Gasteiger partial charge in [0.15, 0.2) is 0 Å². The fourth-order valence-corrected chi connectivity index (χ4v) is 4.86. The van der Waals surface area contributed by atoms with Crippen LogP contribution in [0.3, 0.4) is 0 Å². The maximum Gasteiger partial charge on any atom is 0.282 e. The largest absolute Gasteiger partial charge is 0.296 e. The summed E-state index contributed by atoms with van der Waals surface area (Å²) in [5.74, 6) is 0. The van der Waals surface area contributed by atoms with Crippen molar-refractivity contribution in [3.8, 4) is 0 Å². The van der Waals surface area contributed by atoms with Gasteiger partial charge in [0.1, 0.15) is 0 Å². The van der Waals surface area contributed by atoms with Crippen LogP contribution in [0, 0.1) is 0 Å². The Morgan fingerprint density at radius 3 is 2.04 bits per heavy atom. The summed E-state index contributed by atoms with van der Waals surface area (Å²) in [6.07, 6.45) is 0. The van der Waals surface area contributed by atoms with Gasteiger partial charge < -0.3 is 0 Å². The molecule has 1 heterocycles. The van der Waals surface area contributed by atoms with Crippen molar-refractivity contribution in [2.24, 2.45) is 0 Å². The van der Waals surface area contributed by atoms with Gasteiger partial charge in [-0.2, -0.15) is 17.0 Å². The molecule has 0 aliphatic carbocycles. The van der Waals surface area contributed by atoms with Gasteiger partial charge in [0.25, 0.3) is 10.2 Å². The molecule has 0 aromatic heterocycles. The van der Waals surface area contributed by atoms with Crippen LogP contribution >= 0.6 is 23.2 Å². The minimum Gasteiger partial charge on any atom is -0.296 e. The molecule has 0 bridgehead atoms. The standard InChI is InChI=1S/C15H23Cl2N3O2S/c1-3-19(4-2)23(21,22)20-10-8-18(9-11-20)12-13-14(16)6-5-7-15(13)17/h5-7H,3-4,8-12H2,1-2H3. The lowest BCUT2D eigenvalue weighted by Crippen LogP contribution is -2.52. The summed E-state index contributed by atoms with van der Waals surface area (Å²) in [5, 5.41) is 1.30. The molecule has 0 N–H and O–H groups in total. The number of halogens is 2. The van der Waals surface area contributed by atoms with E-state index < -0.39 is 10.2 Å². The van der Waals surface area contributed by atoms with Gasteiger partial charge in [0.2, 0.25) is 0 Å². The number of hydrogen-bond donors (Lipinski definition) is 0. The topological polar surface area (TPSA) is 43.9 Å². The normalized spacial score (nSPS) is 17.8. The van der Waals surface area contributed by atoms with E-state index in [1.807, 2.05) is 32.0 Å². The van der Waals surface area contributed by atoms with Crippen LogP contribution in [0.15, 0.2) is 18.2 Å². The summed E-state index contributed by atoms with van der Waals surface area (Å²) in [6.45, 7) is 7.65. The molecule has 1 aromatic carbocycles. The van der Waals surface area contributed by atoms with E-state index in [2.05, 4.69) is 4.90 Å². The van der Waals surface area contributed by atoms with E-state index in [-0.39, 0.29) is 0 Å². The second kappa shape index (κ2) is 8.14. The SMILES string of the molecule is CCN(CC)S(=O)(=O)N1CCN(Cc2c(Cl)cccc2Cl)CC1. The van der Waals surface area contributed by atoms with Gasteiger partial charge in [-0.3, -0.25) is 4.90 Å². The molecule has 2 rings (SSSR count). The zero-order chi connectivity index (χ0) is 17.0. The van der Waals surface area contributed by atoms with E-state index >= 15 is 0 Å². The first-order valence-electron chi connectivity index (χ1n) is 7.80. The van der Waals surface area contributed by atoms with Gasteiger partial charge in [-0.05, 0) is 12.1 Å². The van der Waals surface area contributed by atoms with Crippen molar-refractivity contribution < 1.29 is 8.42 Å². The fraction of sp³-hybridized carbons (Fsp3) is 0.600. The third-order valence-electron chi connectivity index (χ3n) is 4.13. The van der Waals surface area contributed by atoms with E-state index in [1.54, 1.807) is 4.31 Å². The van der Waals surface area contributed by atoms with Gasteiger partial charge in [-0.15, -0.1) is 0 Å². The van der Waals surface area contributed by atoms with Gasteiger partial charge in [-0.1, -0.05) is 43.1 Å². The molecule has 1 aliphatic heterocycles. The Bertz CT molecular complexity index is 607. The van der Waals surface area contributed by atoms with Gasteiger partial charge in [0.05, 0.1) is 0 Å². The maximum atomic E-state index is 12.5. The van der Waals surface area contributed by atoms with Crippen molar-refractivity contribution >= 4 is 33.4 Å². The van der Waals surface area contributed by atoms with E-state index in [1.165, 1.54) is 4.31 Å². The zero-order valence-corrected chi connectivity index (χ0v) is 15.8. The number of piperazine rings is 1. The second-order valence-corrected chi connectivity index (χ2v) is 8.21. The smallest absolute Gasteiger partial charge is 0.282 e. The Morgan fingerprint density at radius 1 is 1.04 bits per heavy atom. The highest BCUT2D eigenvalue weighted by atomic mass is 35.5. The second-order valence-electron chi connectivity index (χ2n) is 5.47. The molecule has 1 fully saturated rings. The molecule has 1 aliphatic rings. The van der Waals surface area contributed by atoms with Gasteiger partial charge in [-0.25, -0.2) is 0 Å². The Hall–Kier alpha value is -0.370. The molecular weight excluding hydrogens is 357 g/mol. The van der Waals surface area contributed by atoms with E-state index in [4.69, 9.17) is 23.2 Å². The zero-order valence-electron chi connectivity index (χ0n) is 13.5. The molecule has 0 spiro atoms. The summed E-state index contributed by atoms with van der Waals surface area (Å²) < 4.78 is 28.1. The summed E-state index contributed by atoms with van der Waals surface area (Å²) in [7, 11) is -3.35. The molecule has 1 aromatic rings. The maximum absolute atomic E-state index is 12.5. The fourth-order valence-electron chi connectivity index (χ4n) is 2.74. The quantitative estimate of drug-likeness (QED) is 0.762. The molecule has 130 valence electrons. The molecule has 8 heteroatoms. The molecular formula is C15H23Cl2N3O2S. The van der Waals surface area contributed by atoms with Crippen LogP contribution in [0.25, 0.3) is 0 Å². The average Bonchev–Trinajstić information content (AvgIpc) is 2.52. The molecule has 0 unspecified atom stereocenters. The minimum absolute atomic E-state index is 0.487. The summed E-state index contributed by atoms with van der Waals surface area (Å²) >= 11 is 12.4. The van der Waals surface area contributed by atoms with Crippen LogP contribution in [0.2, 0.25) is 10.0 Å². The highest BCUT2D eigenvalue weighted by Crippen LogP contribution is 2.26. The van der Waals surface area contributed by atoms with Crippen molar-refractivity contribution in [2.75, 3.05) is 39.3 Å². The van der Waals surface area contributed by atoms with Crippen molar-refractivity contribution in [3.05, 3.63) is 33.8 Å². The molecule has 0 radical (unpaired) electrons. The number of nitrogens with zero attached hydrogens (tertiary/aromatic N) is 3. The average molecular weight is 380 g/mol. The molecule has 1 saturated heterocycles. The molecule has 0 amide bonds. The van der Waals surface area contributed by atoms with Crippen LogP contribution in [0.4, 0.5) is 0 Å². The van der Waals surface area contributed by atoms with Crippen LogP contribution in [0.1, 0.15) is 19.4 Å². The van der Waals surface area contributed by atoms with Crippen molar-refractivity contribution in [1.82, 2.24) is 13.5 Å². The predicted molar refractivity (Wildman–Crippen MR) is 95.2 cm³/mol. The lowest BCUT2D eigenvalue weighted by Gasteiger charge is -2.36. The number of benzene rings is 1. The van der Waals surface area contributed by atoms with Gasteiger partial charge in [0, 0.05) is 61.4 Å². The van der Waals surface area contributed by atoms with Gasteiger partial charge >= 0.3 is 0 Å². The highest BCUT2D eigenvalue weighted by molar-refractivity contribution is 7.86. The highest BCUT2D eigenvalue weighted by Gasteiger charge is 2.30. The van der Waals surface area contributed by atoms with Crippen molar-refractivity contribution in [1.29, 1.82) is 0 Å². The molecule has 0 atom stereocenters. The summed E-state index contributed by atoms with van der Waals surface area (Å²) in [5.41, 5.74) is 0.899.